The van der Waals surface area contributed by atoms with Crippen molar-refractivity contribution in [3.63, 3.8) is 0 Å². The van der Waals surface area contributed by atoms with Crippen LogP contribution < -0.4 is 4.74 Å². The Hall–Kier alpha value is -0.540. The van der Waals surface area contributed by atoms with E-state index in [1.54, 1.807) is 0 Å². The molecule has 0 saturated carbocycles. The number of nitrogens with zero attached hydrogens (tertiary/aromatic N) is 1. The van der Waals surface area contributed by atoms with Crippen LogP contribution in [0.4, 0.5) is 0 Å². The molecule has 0 bridgehead atoms. The molecule has 0 spiro atoms. The maximum Gasteiger partial charge on any atom is 0.125 e. The van der Waals surface area contributed by atoms with Crippen LogP contribution in [0.3, 0.4) is 0 Å². The quantitative estimate of drug-likeness (QED) is 0.776. The van der Waals surface area contributed by atoms with Crippen molar-refractivity contribution in [2.24, 2.45) is 0 Å². The molecule has 0 radical (unpaired) electrons. The lowest BCUT2D eigenvalue weighted by molar-refractivity contribution is 0.0837. The fraction of sp³-hybridized carbons (Fsp3) is 0.500. The van der Waals surface area contributed by atoms with E-state index in [1.807, 2.05) is 6.07 Å². The largest absolute Gasteiger partial charge is 0.493 e. The van der Waals surface area contributed by atoms with Crippen LogP contribution in [0.15, 0.2) is 22.7 Å². The van der Waals surface area contributed by atoms with Crippen molar-refractivity contribution in [1.82, 2.24) is 4.90 Å². The molecule has 3 rings (SSSR count). The highest BCUT2D eigenvalue weighted by molar-refractivity contribution is 9.10. The Balaban J connectivity index is 2.00. The first kappa shape index (κ1) is 9.67. The van der Waals surface area contributed by atoms with Gasteiger partial charge in [-0.25, -0.2) is 0 Å². The Labute approximate surface area is 98.4 Å². The van der Waals surface area contributed by atoms with E-state index in [9.17, 15) is 0 Å². The summed E-state index contributed by atoms with van der Waals surface area (Å²) in [5.74, 6) is 1.06. The van der Waals surface area contributed by atoms with Gasteiger partial charge in [0.05, 0.1) is 6.61 Å². The summed E-state index contributed by atoms with van der Waals surface area (Å²) >= 11 is 3.64. The molecule has 2 aliphatic rings. The van der Waals surface area contributed by atoms with Gasteiger partial charge in [-0.3, -0.25) is 4.90 Å². The molecule has 0 aromatic heterocycles. The predicted octanol–water partition coefficient (Wildman–Crippen LogP) is 2.98. The van der Waals surface area contributed by atoms with Crippen molar-refractivity contribution < 1.29 is 4.74 Å². The zero-order chi connectivity index (χ0) is 10.3. The second-order valence-electron chi connectivity index (χ2n) is 4.19. The van der Waals surface area contributed by atoms with Crippen LogP contribution in [0.1, 0.15) is 24.4 Å². The summed E-state index contributed by atoms with van der Waals surface area (Å²) in [6, 6.07) is 6.80. The molecule has 15 heavy (non-hydrogen) atoms. The topological polar surface area (TPSA) is 12.5 Å². The van der Waals surface area contributed by atoms with E-state index >= 15 is 0 Å². The third-order valence-electron chi connectivity index (χ3n) is 3.33. The van der Waals surface area contributed by atoms with E-state index in [0.29, 0.717) is 6.04 Å². The van der Waals surface area contributed by atoms with Gasteiger partial charge in [-0.15, -0.1) is 0 Å². The highest BCUT2D eigenvalue weighted by Crippen LogP contribution is 2.41. The molecular formula is C12H14BrNO. The van der Waals surface area contributed by atoms with Crippen molar-refractivity contribution in [3.8, 4) is 5.75 Å². The fourth-order valence-electron chi connectivity index (χ4n) is 2.41. The molecule has 3 heteroatoms. The molecule has 1 fully saturated rings. The Morgan fingerprint density at radius 1 is 1.33 bits per heavy atom. The monoisotopic (exact) mass is 267 g/mol. The van der Waals surface area contributed by atoms with Crippen molar-refractivity contribution in [2.45, 2.75) is 18.9 Å². The van der Waals surface area contributed by atoms with Gasteiger partial charge in [0.15, 0.2) is 0 Å². The van der Waals surface area contributed by atoms with Crippen molar-refractivity contribution in [3.05, 3.63) is 28.2 Å². The minimum atomic E-state index is 0.568. The summed E-state index contributed by atoms with van der Waals surface area (Å²) in [6.07, 6.45) is 2.47. The van der Waals surface area contributed by atoms with Crippen LogP contribution in [0.5, 0.6) is 5.75 Å². The highest BCUT2D eigenvalue weighted by Gasteiger charge is 2.31. The number of ether oxygens (including phenoxy) is 1. The predicted molar refractivity (Wildman–Crippen MR) is 63.2 cm³/mol. The minimum Gasteiger partial charge on any atom is -0.493 e. The van der Waals surface area contributed by atoms with Crippen LogP contribution in [0.2, 0.25) is 0 Å². The average molecular weight is 268 g/mol. The van der Waals surface area contributed by atoms with Crippen LogP contribution in [0, 0.1) is 0 Å². The molecule has 0 amide bonds. The second-order valence-corrected chi connectivity index (χ2v) is 5.05. The van der Waals surface area contributed by atoms with Gasteiger partial charge in [0.2, 0.25) is 0 Å². The molecule has 1 aromatic rings. The molecule has 1 atom stereocenters. The first-order valence-corrected chi connectivity index (χ1v) is 6.31. The zero-order valence-corrected chi connectivity index (χ0v) is 10.2. The standard InChI is InChI=1S/C12H14BrNO/c13-9-3-1-4-11-12(9)10(5-8-15-11)14-6-2-7-14/h1,3-4,10H,2,5-8H2. The van der Waals surface area contributed by atoms with Crippen LogP contribution in [-0.4, -0.2) is 24.6 Å². The Kier molecular flexibility index (Phi) is 2.45. The smallest absolute Gasteiger partial charge is 0.125 e. The number of likely N-dealkylation sites (tertiary alicyclic amines) is 1. The maximum absolute atomic E-state index is 5.70. The molecule has 2 aliphatic heterocycles. The molecule has 80 valence electrons. The number of halogens is 1. The van der Waals surface area contributed by atoms with E-state index in [-0.39, 0.29) is 0 Å². The molecule has 0 N–H and O–H groups in total. The third kappa shape index (κ3) is 1.58. The Morgan fingerprint density at radius 2 is 2.20 bits per heavy atom. The lowest BCUT2D eigenvalue weighted by Gasteiger charge is -2.41. The SMILES string of the molecule is Brc1cccc2c1C(N1CCC1)CCO2. The second kappa shape index (κ2) is 3.80. The average Bonchev–Trinajstić information content (AvgIpc) is 2.15. The van der Waals surface area contributed by atoms with Gasteiger partial charge in [0.25, 0.3) is 0 Å². The maximum atomic E-state index is 5.70. The lowest BCUT2D eigenvalue weighted by atomic mass is 9.96. The van der Waals surface area contributed by atoms with Gasteiger partial charge in [0, 0.05) is 22.5 Å². The van der Waals surface area contributed by atoms with E-state index < -0.39 is 0 Å². The number of hydrogen-bond acceptors (Lipinski definition) is 2. The first-order chi connectivity index (χ1) is 7.36. The van der Waals surface area contributed by atoms with Gasteiger partial charge in [-0.05, 0) is 31.6 Å². The fourth-order valence-corrected chi connectivity index (χ4v) is 3.02. The summed E-state index contributed by atoms with van der Waals surface area (Å²) in [5, 5.41) is 0. The van der Waals surface area contributed by atoms with Gasteiger partial charge in [0.1, 0.15) is 5.75 Å². The van der Waals surface area contributed by atoms with Gasteiger partial charge >= 0.3 is 0 Å². The zero-order valence-electron chi connectivity index (χ0n) is 8.58. The van der Waals surface area contributed by atoms with Crippen LogP contribution in [0.25, 0.3) is 0 Å². The summed E-state index contributed by atoms with van der Waals surface area (Å²) in [4.78, 5) is 2.55. The highest BCUT2D eigenvalue weighted by atomic mass is 79.9. The summed E-state index contributed by atoms with van der Waals surface area (Å²) in [6.45, 7) is 3.33. The summed E-state index contributed by atoms with van der Waals surface area (Å²) < 4.78 is 6.89. The van der Waals surface area contributed by atoms with Crippen molar-refractivity contribution >= 4 is 15.9 Å². The normalized spacial score (nSPS) is 25.3. The summed E-state index contributed by atoms with van der Waals surface area (Å²) in [5.41, 5.74) is 1.35. The van der Waals surface area contributed by atoms with Crippen molar-refractivity contribution in [1.29, 1.82) is 0 Å². The van der Waals surface area contributed by atoms with Crippen LogP contribution >= 0.6 is 15.9 Å². The molecule has 1 aromatic carbocycles. The van der Waals surface area contributed by atoms with Crippen molar-refractivity contribution in [2.75, 3.05) is 19.7 Å². The summed E-state index contributed by atoms with van der Waals surface area (Å²) in [7, 11) is 0. The van der Waals surface area contributed by atoms with Gasteiger partial charge in [-0.2, -0.15) is 0 Å². The molecule has 1 unspecified atom stereocenters. The first-order valence-electron chi connectivity index (χ1n) is 5.51. The van der Waals surface area contributed by atoms with Gasteiger partial charge in [-0.1, -0.05) is 22.0 Å². The number of hydrogen-bond donors (Lipinski definition) is 0. The third-order valence-corrected chi connectivity index (χ3v) is 4.02. The number of benzene rings is 1. The van der Waals surface area contributed by atoms with E-state index in [1.165, 1.54) is 29.5 Å². The molecular weight excluding hydrogens is 254 g/mol. The Bertz CT molecular complexity index is 376. The molecule has 1 saturated heterocycles. The number of fused-ring (bicyclic) bond motifs is 1. The minimum absolute atomic E-state index is 0.568. The van der Waals surface area contributed by atoms with E-state index in [4.69, 9.17) is 4.74 Å². The van der Waals surface area contributed by atoms with Crippen LogP contribution in [-0.2, 0) is 0 Å². The molecule has 2 heterocycles. The van der Waals surface area contributed by atoms with Gasteiger partial charge < -0.3 is 4.74 Å². The van der Waals surface area contributed by atoms with E-state index in [2.05, 4.69) is 33.0 Å². The lowest BCUT2D eigenvalue weighted by Crippen LogP contribution is -2.42. The van der Waals surface area contributed by atoms with E-state index in [0.717, 1.165) is 18.8 Å². The molecule has 2 nitrogen and oxygen atoms in total. The molecule has 0 aliphatic carbocycles. The Morgan fingerprint density at radius 3 is 2.93 bits per heavy atom. The number of rotatable bonds is 1.